The van der Waals surface area contributed by atoms with E-state index in [0.717, 1.165) is 25.7 Å². The first-order valence-electron chi connectivity index (χ1n) is 6.82. The van der Waals surface area contributed by atoms with Gasteiger partial charge in [0.15, 0.2) is 0 Å². The van der Waals surface area contributed by atoms with Crippen LogP contribution in [0.5, 0.6) is 0 Å². The number of amides is 1. The maximum atomic E-state index is 12.2. The molecule has 1 saturated carbocycles. The molecule has 1 amide bonds. The van der Waals surface area contributed by atoms with Crippen LogP contribution in [0.2, 0.25) is 0 Å². The van der Waals surface area contributed by atoms with E-state index in [9.17, 15) is 13.2 Å². The van der Waals surface area contributed by atoms with Gasteiger partial charge in [-0.25, -0.2) is 5.14 Å². The molecule has 0 radical (unpaired) electrons. The van der Waals surface area contributed by atoms with E-state index in [4.69, 9.17) is 10.9 Å². The van der Waals surface area contributed by atoms with Crippen LogP contribution in [0.15, 0.2) is 24.3 Å². The van der Waals surface area contributed by atoms with Crippen LogP contribution in [0.4, 0.5) is 11.4 Å². The Bertz CT molecular complexity index is 618. The number of nitrogens with one attached hydrogen (secondary N) is 2. The Hall–Kier alpha value is -1.64. The molecule has 1 aromatic rings. The lowest BCUT2D eigenvalue weighted by Crippen LogP contribution is -2.40. The molecule has 2 unspecified atom stereocenters. The molecule has 1 aromatic carbocycles. The largest absolute Gasteiger partial charge is 0.327 e. The SMILES string of the molecule is NC1CCCCC1C(=O)Nc1cccc(NS(N)(=O)=O)c1. The Morgan fingerprint density at radius 2 is 1.86 bits per heavy atom. The van der Waals surface area contributed by atoms with Gasteiger partial charge in [-0.1, -0.05) is 18.9 Å². The quantitative estimate of drug-likeness (QED) is 0.654. The van der Waals surface area contributed by atoms with Crippen LogP contribution in [-0.2, 0) is 15.0 Å². The van der Waals surface area contributed by atoms with Gasteiger partial charge < -0.3 is 11.1 Å². The zero-order valence-corrected chi connectivity index (χ0v) is 12.4. The molecule has 2 rings (SSSR count). The molecular formula is C13H20N4O3S. The molecule has 21 heavy (non-hydrogen) atoms. The molecule has 0 aliphatic heterocycles. The van der Waals surface area contributed by atoms with Crippen LogP contribution in [0, 0.1) is 5.92 Å². The first-order chi connectivity index (χ1) is 9.85. The van der Waals surface area contributed by atoms with Gasteiger partial charge >= 0.3 is 0 Å². The van der Waals surface area contributed by atoms with Gasteiger partial charge in [-0.05, 0) is 31.0 Å². The summed E-state index contributed by atoms with van der Waals surface area (Å²) in [5.41, 5.74) is 6.78. The van der Waals surface area contributed by atoms with Gasteiger partial charge in [-0.2, -0.15) is 8.42 Å². The molecule has 0 saturated heterocycles. The first-order valence-corrected chi connectivity index (χ1v) is 8.37. The van der Waals surface area contributed by atoms with Crippen LogP contribution in [0.1, 0.15) is 25.7 Å². The zero-order valence-electron chi connectivity index (χ0n) is 11.6. The van der Waals surface area contributed by atoms with E-state index in [-0.39, 0.29) is 17.9 Å². The molecule has 1 fully saturated rings. The van der Waals surface area contributed by atoms with Crippen LogP contribution in [0.25, 0.3) is 0 Å². The summed E-state index contributed by atoms with van der Waals surface area (Å²) < 4.78 is 24.1. The topological polar surface area (TPSA) is 127 Å². The number of nitrogens with two attached hydrogens (primary N) is 2. The van der Waals surface area contributed by atoms with E-state index in [1.54, 1.807) is 18.2 Å². The molecule has 0 spiro atoms. The smallest absolute Gasteiger partial charge is 0.296 e. The number of hydrogen-bond acceptors (Lipinski definition) is 4. The lowest BCUT2D eigenvalue weighted by atomic mass is 9.84. The Kier molecular flexibility index (Phi) is 4.81. The molecule has 8 heteroatoms. The first kappa shape index (κ1) is 15.7. The molecule has 2 atom stereocenters. The van der Waals surface area contributed by atoms with Gasteiger partial charge in [0.1, 0.15) is 0 Å². The van der Waals surface area contributed by atoms with Crippen LogP contribution >= 0.6 is 0 Å². The summed E-state index contributed by atoms with van der Waals surface area (Å²) in [6.07, 6.45) is 3.69. The normalized spacial score (nSPS) is 22.6. The van der Waals surface area contributed by atoms with Crippen molar-refractivity contribution in [2.45, 2.75) is 31.7 Å². The Morgan fingerprint density at radius 3 is 2.52 bits per heavy atom. The Balaban J connectivity index is 2.05. The van der Waals surface area contributed by atoms with Gasteiger partial charge in [0, 0.05) is 11.7 Å². The van der Waals surface area contributed by atoms with Crippen molar-refractivity contribution in [3.63, 3.8) is 0 Å². The number of carbonyl (C=O) groups excluding carboxylic acids is 1. The van der Waals surface area contributed by atoms with Crippen LogP contribution < -0.4 is 20.9 Å². The standard InChI is InChI=1S/C13H20N4O3S/c14-12-7-2-1-6-11(12)13(18)16-9-4-3-5-10(8-9)17-21(15,19)20/h3-5,8,11-12,17H,1-2,6-7,14H2,(H,16,18)(H2,15,19,20). The highest BCUT2D eigenvalue weighted by atomic mass is 32.2. The van der Waals surface area contributed by atoms with Crippen molar-refractivity contribution in [2.75, 3.05) is 10.0 Å². The maximum absolute atomic E-state index is 12.2. The van der Waals surface area contributed by atoms with E-state index in [2.05, 4.69) is 10.0 Å². The molecule has 6 N–H and O–H groups in total. The fraction of sp³-hybridized carbons (Fsp3) is 0.462. The summed E-state index contributed by atoms with van der Waals surface area (Å²) in [6.45, 7) is 0. The van der Waals surface area contributed by atoms with Gasteiger partial charge in [-0.3, -0.25) is 9.52 Å². The lowest BCUT2D eigenvalue weighted by molar-refractivity contribution is -0.121. The molecule has 1 aliphatic rings. The molecule has 0 aromatic heterocycles. The minimum atomic E-state index is -3.83. The minimum absolute atomic E-state index is 0.121. The molecule has 7 nitrogen and oxygen atoms in total. The average Bonchev–Trinajstić information content (AvgIpc) is 2.37. The minimum Gasteiger partial charge on any atom is -0.327 e. The van der Waals surface area contributed by atoms with Crippen molar-refractivity contribution in [3.05, 3.63) is 24.3 Å². The van der Waals surface area contributed by atoms with E-state index >= 15 is 0 Å². The maximum Gasteiger partial charge on any atom is 0.296 e. The monoisotopic (exact) mass is 312 g/mol. The number of rotatable bonds is 4. The predicted octanol–water partition coefficient (Wildman–Crippen LogP) is 0.758. The van der Waals surface area contributed by atoms with Crippen LogP contribution in [0.3, 0.4) is 0 Å². The van der Waals surface area contributed by atoms with Gasteiger partial charge in [0.05, 0.1) is 11.6 Å². The Morgan fingerprint density at radius 1 is 1.19 bits per heavy atom. The summed E-state index contributed by atoms with van der Waals surface area (Å²) in [5, 5.41) is 7.68. The van der Waals surface area contributed by atoms with Crippen molar-refractivity contribution in [1.82, 2.24) is 0 Å². The zero-order chi connectivity index (χ0) is 15.5. The summed E-state index contributed by atoms with van der Waals surface area (Å²) >= 11 is 0. The molecule has 1 aliphatic carbocycles. The summed E-state index contributed by atoms with van der Waals surface area (Å²) in [6, 6.07) is 6.25. The highest BCUT2D eigenvalue weighted by molar-refractivity contribution is 7.90. The second kappa shape index (κ2) is 6.42. The highest BCUT2D eigenvalue weighted by Crippen LogP contribution is 2.25. The average molecular weight is 312 g/mol. The van der Waals surface area contributed by atoms with E-state index in [1.807, 2.05) is 0 Å². The van der Waals surface area contributed by atoms with Gasteiger partial charge in [-0.15, -0.1) is 0 Å². The number of carbonyl (C=O) groups is 1. The molecular weight excluding hydrogens is 292 g/mol. The predicted molar refractivity (Wildman–Crippen MR) is 81.7 cm³/mol. The van der Waals surface area contributed by atoms with Crippen molar-refractivity contribution < 1.29 is 13.2 Å². The third-order valence-corrected chi connectivity index (χ3v) is 4.07. The second-order valence-electron chi connectivity index (χ2n) is 5.27. The highest BCUT2D eigenvalue weighted by Gasteiger charge is 2.28. The third kappa shape index (κ3) is 4.69. The summed E-state index contributed by atoms with van der Waals surface area (Å²) in [4.78, 5) is 12.2. The van der Waals surface area contributed by atoms with E-state index in [1.165, 1.54) is 6.07 Å². The van der Waals surface area contributed by atoms with Crippen LogP contribution in [-0.4, -0.2) is 20.4 Å². The van der Waals surface area contributed by atoms with Crippen molar-refractivity contribution in [3.8, 4) is 0 Å². The number of anilines is 2. The number of hydrogen-bond donors (Lipinski definition) is 4. The third-order valence-electron chi connectivity index (χ3n) is 3.55. The number of benzene rings is 1. The van der Waals surface area contributed by atoms with Crippen molar-refractivity contribution in [1.29, 1.82) is 0 Å². The summed E-state index contributed by atoms with van der Waals surface area (Å²) in [5.74, 6) is -0.330. The molecule has 116 valence electrons. The van der Waals surface area contributed by atoms with E-state index < -0.39 is 10.2 Å². The van der Waals surface area contributed by atoms with E-state index in [0.29, 0.717) is 11.4 Å². The van der Waals surface area contributed by atoms with Crippen molar-refractivity contribution in [2.24, 2.45) is 16.8 Å². The lowest BCUT2D eigenvalue weighted by Gasteiger charge is -2.27. The summed E-state index contributed by atoms with van der Waals surface area (Å²) in [7, 11) is -3.83. The fourth-order valence-electron chi connectivity index (χ4n) is 2.54. The molecule has 0 bridgehead atoms. The fourth-order valence-corrected chi connectivity index (χ4v) is 3.00. The van der Waals surface area contributed by atoms with Gasteiger partial charge in [0.25, 0.3) is 10.2 Å². The van der Waals surface area contributed by atoms with Crippen molar-refractivity contribution >= 4 is 27.5 Å². The molecule has 0 heterocycles. The Labute approximate surface area is 124 Å². The second-order valence-corrected chi connectivity index (χ2v) is 6.57. The van der Waals surface area contributed by atoms with Gasteiger partial charge in [0.2, 0.25) is 5.91 Å².